The Hall–Kier alpha value is -1.09. The van der Waals surface area contributed by atoms with Crippen molar-refractivity contribution < 1.29 is 5.11 Å². The number of anilines is 1. The van der Waals surface area contributed by atoms with E-state index >= 15 is 0 Å². The summed E-state index contributed by atoms with van der Waals surface area (Å²) in [5.74, 6) is 0.830. The predicted molar refractivity (Wildman–Crippen MR) is 49.2 cm³/mol. The van der Waals surface area contributed by atoms with Crippen LogP contribution in [0.2, 0.25) is 0 Å². The summed E-state index contributed by atoms with van der Waals surface area (Å²) in [5, 5.41) is 12.2. The van der Waals surface area contributed by atoms with Gasteiger partial charge in [0.2, 0.25) is 0 Å². The molecule has 66 valence electrons. The first-order chi connectivity index (χ1) is 5.65. The van der Waals surface area contributed by atoms with Crippen molar-refractivity contribution in [2.24, 2.45) is 0 Å². The Balaban J connectivity index is 3.03. The maximum absolute atomic E-state index is 9.31. The van der Waals surface area contributed by atoms with Gasteiger partial charge in [-0.15, -0.1) is 0 Å². The molecule has 0 aliphatic heterocycles. The van der Waals surface area contributed by atoms with Gasteiger partial charge in [0.25, 0.3) is 0 Å². The Kier molecular flexibility index (Phi) is 2.65. The van der Waals surface area contributed by atoms with Gasteiger partial charge in [0, 0.05) is 18.8 Å². The first-order valence-corrected chi connectivity index (χ1v) is 3.97. The van der Waals surface area contributed by atoms with E-state index in [1.54, 1.807) is 13.1 Å². The Morgan fingerprint density at radius 2 is 2.25 bits per heavy atom. The number of aliphatic hydroxyl groups excluding tert-OH is 1. The average molecular weight is 166 g/mol. The lowest BCUT2D eigenvalue weighted by Gasteiger charge is -2.09. The van der Waals surface area contributed by atoms with Gasteiger partial charge in [-0.25, -0.2) is 4.98 Å². The summed E-state index contributed by atoms with van der Waals surface area (Å²) in [7, 11) is 1.82. The van der Waals surface area contributed by atoms with Crippen LogP contribution >= 0.6 is 0 Å². The van der Waals surface area contributed by atoms with Gasteiger partial charge in [0.1, 0.15) is 5.82 Å². The van der Waals surface area contributed by atoms with Crippen LogP contribution in [-0.2, 0) is 0 Å². The van der Waals surface area contributed by atoms with Gasteiger partial charge in [-0.1, -0.05) is 0 Å². The minimum atomic E-state index is -0.441. The fraction of sp³-hybridized carbons (Fsp3) is 0.444. The maximum Gasteiger partial charge on any atom is 0.125 e. The van der Waals surface area contributed by atoms with Gasteiger partial charge in [-0.2, -0.15) is 0 Å². The van der Waals surface area contributed by atoms with Gasteiger partial charge in [-0.3, -0.25) is 0 Å². The largest absolute Gasteiger partial charge is 0.389 e. The van der Waals surface area contributed by atoms with Crippen LogP contribution in [0, 0.1) is 6.92 Å². The summed E-state index contributed by atoms with van der Waals surface area (Å²) in [6, 6.07) is 1.92. The number of nitrogens with one attached hydrogen (secondary N) is 1. The summed E-state index contributed by atoms with van der Waals surface area (Å²) < 4.78 is 0. The molecule has 0 aliphatic carbocycles. The van der Waals surface area contributed by atoms with Crippen LogP contribution in [0.3, 0.4) is 0 Å². The van der Waals surface area contributed by atoms with Crippen LogP contribution in [0.4, 0.5) is 5.82 Å². The third-order valence-electron chi connectivity index (χ3n) is 1.86. The average Bonchev–Trinajstić information content (AvgIpc) is 2.03. The first kappa shape index (κ1) is 9.00. The number of aryl methyl sites for hydroxylation is 1. The zero-order valence-electron chi connectivity index (χ0n) is 7.63. The molecule has 0 saturated carbocycles. The van der Waals surface area contributed by atoms with Gasteiger partial charge in [0.15, 0.2) is 0 Å². The fourth-order valence-electron chi connectivity index (χ4n) is 1.14. The van der Waals surface area contributed by atoms with E-state index in [0.717, 1.165) is 16.9 Å². The molecule has 0 radical (unpaired) electrons. The molecule has 0 amide bonds. The van der Waals surface area contributed by atoms with Crippen LogP contribution in [0.5, 0.6) is 0 Å². The van der Waals surface area contributed by atoms with Crippen molar-refractivity contribution >= 4 is 5.82 Å². The van der Waals surface area contributed by atoms with Gasteiger partial charge in [-0.05, 0) is 25.5 Å². The molecule has 0 spiro atoms. The molecule has 0 unspecified atom stereocenters. The van der Waals surface area contributed by atoms with Crippen LogP contribution in [-0.4, -0.2) is 17.1 Å². The number of hydrogen-bond donors (Lipinski definition) is 2. The molecule has 1 rings (SSSR count). The second-order valence-electron chi connectivity index (χ2n) is 2.85. The fourth-order valence-corrected chi connectivity index (χ4v) is 1.14. The molecule has 0 aliphatic rings. The monoisotopic (exact) mass is 166 g/mol. The first-order valence-electron chi connectivity index (χ1n) is 3.97. The summed E-state index contributed by atoms with van der Waals surface area (Å²) in [5.41, 5.74) is 1.94. The molecule has 2 N–H and O–H groups in total. The highest BCUT2D eigenvalue weighted by Crippen LogP contribution is 2.17. The van der Waals surface area contributed by atoms with Crippen molar-refractivity contribution in [1.29, 1.82) is 0 Å². The van der Waals surface area contributed by atoms with E-state index in [-0.39, 0.29) is 0 Å². The number of rotatable bonds is 2. The van der Waals surface area contributed by atoms with Crippen molar-refractivity contribution in [2.75, 3.05) is 12.4 Å². The molecule has 12 heavy (non-hydrogen) atoms. The standard InChI is InChI=1S/C9H14N2O/c1-6-4-9(10-3)11-5-8(6)7(2)12/h4-5,7,12H,1-3H3,(H,10,11)/t7-/m0/s1. The molecular formula is C9H14N2O. The second kappa shape index (κ2) is 3.54. The second-order valence-corrected chi connectivity index (χ2v) is 2.85. The van der Waals surface area contributed by atoms with E-state index in [0.29, 0.717) is 0 Å². The number of nitrogens with zero attached hydrogens (tertiary/aromatic N) is 1. The van der Waals surface area contributed by atoms with E-state index in [4.69, 9.17) is 0 Å². The van der Waals surface area contributed by atoms with Crippen LogP contribution in [0.25, 0.3) is 0 Å². The van der Waals surface area contributed by atoms with E-state index in [1.165, 1.54) is 0 Å². The number of aromatic nitrogens is 1. The number of pyridine rings is 1. The minimum absolute atomic E-state index is 0.441. The number of hydrogen-bond acceptors (Lipinski definition) is 3. The van der Waals surface area contributed by atoms with Crippen molar-refractivity contribution in [3.8, 4) is 0 Å². The highest BCUT2D eigenvalue weighted by atomic mass is 16.3. The molecule has 0 aromatic carbocycles. The molecule has 0 fully saturated rings. The lowest BCUT2D eigenvalue weighted by atomic mass is 10.1. The zero-order chi connectivity index (χ0) is 9.14. The van der Waals surface area contributed by atoms with Crippen molar-refractivity contribution in [1.82, 2.24) is 4.98 Å². The lowest BCUT2D eigenvalue weighted by molar-refractivity contribution is 0.198. The van der Waals surface area contributed by atoms with Crippen LogP contribution in [0.15, 0.2) is 12.3 Å². The molecule has 1 heterocycles. The molecule has 1 aromatic rings. The third kappa shape index (κ3) is 1.74. The third-order valence-corrected chi connectivity index (χ3v) is 1.86. The molecule has 1 atom stereocenters. The van der Waals surface area contributed by atoms with E-state index in [1.807, 2.05) is 20.0 Å². The van der Waals surface area contributed by atoms with Crippen LogP contribution in [0.1, 0.15) is 24.2 Å². The highest BCUT2D eigenvalue weighted by molar-refractivity contribution is 5.40. The zero-order valence-corrected chi connectivity index (χ0v) is 7.63. The summed E-state index contributed by atoms with van der Waals surface area (Å²) in [6.45, 7) is 3.70. The maximum atomic E-state index is 9.31. The SMILES string of the molecule is CNc1cc(C)c([C@H](C)O)cn1. The van der Waals surface area contributed by atoms with Gasteiger partial charge < -0.3 is 10.4 Å². The topological polar surface area (TPSA) is 45.1 Å². The Bertz CT molecular complexity index is 271. The van der Waals surface area contributed by atoms with Crippen molar-refractivity contribution in [2.45, 2.75) is 20.0 Å². The normalized spacial score (nSPS) is 12.7. The molecular weight excluding hydrogens is 152 g/mol. The Labute approximate surface area is 72.5 Å². The molecule has 3 nitrogen and oxygen atoms in total. The van der Waals surface area contributed by atoms with E-state index < -0.39 is 6.10 Å². The molecule has 0 bridgehead atoms. The summed E-state index contributed by atoms with van der Waals surface area (Å²) in [4.78, 5) is 4.11. The molecule has 0 saturated heterocycles. The lowest BCUT2D eigenvalue weighted by Crippen LogP contribution is -1.99. The highest BCUT2D eigenvalue weighted by Gasteiger charge is 2.05. The predicted octanol–water partition coefficient (Wildman–Crippen LogP) is 1.49. The summed E-state index contributed by atoms with van der Waals surface area (Å²) in [6.07, 6.45) is 1.26. The van der Waals surface area contributed by atoms with Crippen molar-refractivity contribution in [3.63, 3.8) is 0 Å². The van der Waals surface area contributed by atoms with Crippen molar-refractivity contribution in [3.05, 3.63) is 23.4 Å². The smallest absolute Gasteiger partial charge is 0.125 e. The van der Waals surface area contributed by atoms with Gasteiger partial charge >= 0.3 is 0 Å². The van der Waals surface area contributed by atoms with E-state index in [9.17, 15) is 5.11 Å². The summed E-state index contributed by atoms with van der Waals surface area (Å²) >= 11 is 0. The van der Waals surface area contributed by atoms with E-state index in [2.05, 4.69) is 10.3 Å². The quantitative estimate of drug-likeness (QED) is 0.699. The molecule has 3 heteroatoms. The van der Waals surface area contributed by atoms with Crippen LogP contribution < -0.4 is 5.32 Å². The van der Waals surface area contributed by atoms with Gasteiger partial charge in [0.05, 0.1) is 6.10 Å². The Morgan fingerprint density at radius 3 is 2.67 bits per heavy atom. The Morgan fingerprint density at radius 1 is 1.58 bits per heavy atom. The molecule has 1 aromatic heterocycles. The minimum Gasteiger partial charge on any atom is -0.389 e. The number of aliphatic hydroxyl groups is 1.